The van der Waals surface area contributed by atoms with Crippen molar-refractivity contribution in [2.75, 3.05) is 12.8 Å². The number of nitrogens with one attached hydrogen (secondary N) is 1. The van der Waals surface area contributed by atoms with E-state index in [0.29, 0.717) is 6.54 Å². The first-order chi connectivity index (χ1) is 7.39. The normalized spacial score (nSPS) is 12.0. The smallest absolute Gasteiger partial charge is 0.250 e. The van der Waals surface area contributed by atoms with E-state index in [1.165, 1.54) is 12.1 Å². The summed E-state index contributed by atoms with van der Waals surface area (Å²) in [5.41, 5.74) is 0.771. The summed E-state index contributed by atoms with van der Waals surface area (Å²) in [5.74, 6) is 0. The van der Waals surface area contributed by atoms with Gasteiger partial charge in [0.05, 0.1) is 11.4 Å². The molecule has 0 amide bonds. The maximum atomic E-state index is 11.8. The maximum Gasteiger partial charge on any atom is 0.250 e. The number of hydrogen-bond acceptors (Lipinski definition) is 3. The average molecular weight is 249 g/mol. The van der Waals surface area contributed by atoms with Crippen molar-refractivity contribution in [3.8, 4) is 0 Å². The molecule has 0 aliphatic rings. The number of hydrogen-bond donors (Lipinski definition) is 1. The summed E-state index contributed by atoms with van der Waals surface area (Å²) in [6.45, 7) is -0.0673. The van der Waals surface area contributed by atoms with E-state index in [9.17, 15) is 17.2 Å². The minimum absolute atomic E-state index is 0.227. The van der Waals surface area contributed by atoms with Gasteiger partial charge in [-0.1, -0.05) is 12.1 Å². The average Bonchev–Trinajstić information content (AvgIpc) is 2.16. The highest BCUT2D eigenvalue weighted by molar-refractivity contribution is 7.90. The minimum atomic E-state index is -3.19. The highest BCUT2D eigenvalue weighted by Crippen LogP contribution is 2.10. The van der Waals surface area contributed by atoms with Crippen molar-refractivity contribution >= 4 is 9.84 Å². The van der Waals surface area contributed by atoms with E-state index >= 15 is 0 Å². The topological polar surface area (TPSA) is 46.2 Å². The Morgan fingerprint density at radius 2 is 1.81 bits per heavy atom. The van der Waals surface area contributed by atoms with E-state index in [1.807, 2.05) is 0 Å². The molecule has 6 heteroatoms. The minimum Gasteiger partial charge on any atom is -0.307 e. The molecule has 0 aromatic heterocycles. The number of sulfone groups is 1. The summed E-state index contributed by atoms with van der Waals surface area (Å²) in [4.78, 5) is 0.227. The van der Waals surface area contributed by atoms with Crippen LogP contribution in [0.1, 0.15) is 5.56 Å². The highest BCUT2D eigenvalue weighted by atomic mass is 32.2. The Morgan fingerprint density at radius 3 is 2.25 bits per heavy atom. The lowest BCUT2D eigenvalue weighted by atomic mass is 10.2. The van der Waals surface area contributed by atoms with Crippen LogP contribution < -0.4 is 5.32 Å². The van der Waals surface area contributed by atoms with Crippen LogP contribution in [0.15, 0.2) is 29.2 Å². The van der Waals surface area contributed by atoms with Gasteiger partial charge in [-0.25, -0.2) is 17.2 Å². The van der Waals surface area contributed by atoms with E-state index in [4.69, 9.17) is 0 Å². The summed E-state index contributed by atoms with van der Waals surface area (Å²) in [6, 6.07) is 6.15. The molecule has 0 aliphatic heterocycles. The standard InChI is InChI=1S/C10H13F2NO2S/c1-16(14,15)9-4-2-8(3-5-9)6-13-7-10(11)12/h2-5,10,13H,6-7H2,1H3. The predicted molar refractivity (Wildman–Crippen MR) is 57.3 cm³/mol. The lowest BCUT2D eigenvalue weighted by Gasteiger charge is -2.04. The second kappa shape index (κ2) is 5.36. The Labute approximate surface area is 93.4 Å². The molecule has 0 spiro atoms. The third-order valence-electron chi connectivity index (χ3n) is 1.98. The molecule has 90 valence electrons. The molecule has 1 rings (SSSR count). The zero-order valence-electron chi connectivity index (χ0n) is 8.78. The second-order valence-electron chi connectivity index (χ2n) is 3.44. The van der Waals surface area contributed by atoms with Gasteiger partial charge in [0, 0.05) is 12.8 Å². The molecule has 1 N–H and O–H groups in total. The van der Waals surface area contributed by atoms with Gasteiger partial charge in [-0.15, -0.1) is 0 Å². The van der Waals surface area contributed by atoms with Crippen molar-refractivity contribution < 1.29 is 17.2 Å². The largest absolute Gasteiger partial charge is 0.307 e. The van der Waals surface area contributed by atoms with Crippen molar-refractivity contribution in [1.82, 2.24) is 5.32 Å². The van der Waals surface area contributed by atoms with Gasteiger partial charge in [0.15, 0.2) is 9.84 Å². The quantitative estimate of drug-likeness (QED) is 0.859. The molecule has 0 saturated heterocycles. The van der Waals surface area contributed by atoms with Crippen LogP contribution in [0.5, 0.6) is 0 Å². The van der Waals surface area contributed by atoms with Gasteiger partial charge in [-0.05, 0) is 17.7 Å². The maximum absolute atomic E-state index is 11.8. The zero-order chi connectivity index (χ0) is 12.2. The van der Waals surface area contributed by atoms with Gasteiger partial charge in [0.25, 0.3) is 6.43 Å². The van der Waals surface area contributed by atoms with E-state index in [1.54, 1.807) is 12.1 Å². The molecule has 3 nitrogen and oxygen atoms in total. The first-order valence-corrected chi connectivity index (χ1v) is 6.56. The van der Waals surface area contributed by atoms with E-state index < -0.39 is 16.3 Å². The van der Waals surface area contributed by atoms with Crippen LogP contribution in [0.2, 0.25) is 0 Å². The van der Waals surface area contributed by atoms with E-state index in [-0.39, 0.29) is 11.4 Å². The Bertz CT molecular complexity index is 429. The zero-order valence-corrected chi connectivity index (χ0v) is 9.60. The number of halogens is 2. The van der Waals surface area contributed by atoms with Gasteiger partial charge in [-0.3, -0.25) is 0 Å². The highest BCUT2D eigenvalue weighted by Gasteiger charge is 2.06. The summed E-state index contributed by atoms with van der Waals surface area (Å²) >= 11 is 0. The van der Waals surface area contributed by atoms with Crippen LogP contribution in [0.25, 0.3) is 0 Å². The molecule has 0 atom stereocenters. The monoisotopic (exact) mass is 249 g/mol. The third-order valence-corrected chi connectivity index (χ3v) is 3.11. The fourth-order valence-electron chi connectivity index (χ4n) is 1.18. The lowest BCUT2D eigenvalue weighted by molar-refractivity contribution is 0.145. The van der Waals surface area contributed by atoms with Crippen molar-refractivity contribution in [2.24, 2.45) is 0 Å². The first-order valence-electron chi connectivity index (χ1n) is 4.67. The van der Waals surface area contributed by atoms with Crippen molar-refractivity contribution in [3.05, 3.63) is 29.8 Å². The molecule has 0 unspecified atom stereocenters. The van der Waals surface area contributed by atoms with E-state index in [2.05, 4.69) is 5.32 Å². The van der Waals surface area contributed by atoms with Gasteiger partial charge in [-0.2, -0.15) is 0 Å². The molecule has 0 bridgehead atoms. The van der Waals surface area contributed by atoms with Crippen LogP contribution in [0, 0.1) is 0 Å². The number of benzene rings is 1. The summed E-state index contributed by atoms with van der Waals surface area (Å²) in [6.07, 6.45) is -1.26. The summed E-state index contributed by atoms with van der Waals surface area (Å²) in [5, 5.41) is 2.56. The van der Waals surface area contributed by atoms with E-state index in [0.717, 1.165) is 11.8 Å². The number of rotatable bonds is 5. The Kier molecular flexibility index (Phi) is 4.37. The van der Waals surface area contributed by atoms with Crippen molar-refractivity contribution in [1.29, 1.82) is 0 Å². The Morgan fingerprint density at radius 1 is 1.25 bits per heavy atom. The third kappa shape index (κ3) is 4.24. The van der Waals surface area contributed by atoms with Crippen LogP contribution in [-0.4, -0.2) is 27.6 Å². The van der Waals surface area contributed by atoms with Gasteiger partial charge >= 0.3 is 0 Å². The molecule has 1 aromatic rings. The van der Waals surface area contributed by atoms with Gasteiger partial charge < -0.3 is 5.32 Å². The molecule has 16 heavy (non-hydrogen) atoms. The van der Waals surface area contributed by atoms with Crippen LogP contribution in [0.4, 0.5) is 8.78 Å². The first kappa shape index (κ1) is 13.1. The fraction of sp³-hybridized carbons (Fsp3) is 0.400. The molecule has 1 aromatic carbocycles. The molecular weight excluding hydrogens is 236 g/mol. The summed E-state index contributed by atoms with van der Waals surface area (Å²) in [7, 11) is -3.19. The predicted octanol–water partition coefficient (Wildman–Crippen LogP) is 1.44. The van der Waals surface area contributed by atoms with Crippen LogP contribution >= 0.6 is 0 Å². The summed E-state index contributed by atoms with van der Waals surface area (Å²) < 4.78 is 45.9. The second-order valence-corrected chi connectivity index (χ2v) is 5.45. The van der Waals surface area contributed by atoms with Crippen molar-refractivity contribution in [3.63, 3.8) is 0 Å². The van der Waals surface area contributed by atoms with Gasteiger partial charge in [0.1, 0.15) is 0 Å². The molecule has 0 aliphatic carbocycles. The van der Waals surface area contributed by atoms with Crippen molar-refractivity contribution in [2.45, 2.75) is 17.9 Å². The lowest BCUT2D eigenvalue weighted by Crippen LogP contribution is -2.20. The van der Waals surface area contributed by atoms with Crippen LogP contribution in [-0.2, 0) is 16.4 Å². The van der Waals surface area contributed by atoms with Gasteiger partial charge in [0.2, 0.25) is 0 Å². The SMILES string of the molecule is CS(=O)(=O)c1ccc(CNCC(F)F)cc1. The molecule has 0 heterocycles. The molecule has 0 saturated carbocycles. The fourth-order valence-corrected chi connectivity index (χ4v) is 1.81. The Hall–Kier alpha value is -1.01. The molecule has 0 radical (unpaired) electrons. The molecular formula is C10H13F2NO2S. The Balaban J connectivity index is 2.59. The van der Waals surface area contributed by atoms with Crippen LogP contribution in [0.3, 0.4) is 0 Å². The number of alkyl halides is 2. The molecule has 0 fully saturated rings.